The van der Waals surface area contributed by atoms with Crippen LogP contribution in [0.15, 0.2) is 36.4 Å². The maximum atomic E-state index is 12.5. The van der Waals surface area contributed by atoms with Gasteiger partial charge in [0.1, 0.15) is 0 Å². The minimum atomic E-state index is -0.228. The first-order valence-electron chi connectivity index (χ1n) is 9.85. The van der Waals surface area contributed by atoms with Crippen LogP contribution >= 0.6 is 0 Å². The van der Waals surface area contributed by atoms with Crippen molar-refractivity contribution in [3.8, 4) is 11.5 Å². The molecule has 2 rings (SSSR count). The first-order chi connectivity index (χ1) is 14.0. The molecule has 0 saturated carbocycles. The predicted octanol–water partition coefficient (Wildman–Crippen LogP) is 3.61. The standard InChI is InChI=1S/C23H30N2O4/c1-6-17-9-8-10-18(7-2)22(17)25(16(3)26)14-13-24-23(27)19-11-12-20(28-4)21(15-19)29-5/h8-12,15H,6-7,13-14H2,1-5H3,(H,24,27). The smallest absolute Gasteiger partial charge is 0.251 e. The number of anilines is 1. The van der Waals surface area contributed by atoms with Gasteiger partial charge in [-0.25, -0.2) is 0 Å². The van der Waals surface area contributed by atoms with Crippen LogP contribution < -0.4 is 19.7 Å². The second kappa shape index (κ2) is 10.5. The van der Waals surface area contributed by atoms with Crippen LogP contribution in [-0.2, 0) is 17.6 Å². The lowest BCUT2D eigenvalue weighted by Gasteiger charge is -2.26. The van der Waals surface area contributed by atoms with E-state index in [-0.39, 0.29) is 11.8 Å². The molecule has 0 spiro atoms. The molecule has 2 aromatic rings. The summed E-state index contributed by atoms with van der Waals surface area (Å²) in [6, 6.07) is 11.1. The van der Waals surface area contributed by atoms with Crippen molar-refractivity contribution in [2.75, 3.05) is 32.2 Å². The van der Waals surface area contributed by atoms with Crippen molar-refractivity contribution in [3.05, 3.63) is 53.1 Å². The number of nitrogens with one attached hydrogen (secondary N) is 1. The first-order valence-corrected chi connectivity index (χ1v) is 9.85. The van der Waals surface area contributed by atoms with Gasteiger partial charge >= 0.3 is 0 Å². The van der Waals surface area contributed by atoms with Crippen molar-refractivity contribution in [1.82, 2.24) is 5.32 Å². The lowest BCUT2D eigenvalue weighted by atomic mass is 10.0. The predicted molar refractivity (Wildman–Crippen MR) is 115 cm³/mol. The number of benzene rings is 2. The average molecular weight is 399 g/mol. The summed E-state index contributed by atoms with van der Waals surface area (Å²) in [5.74, 6) is 0.792. The maximum Gasteiger partial charge on any atom is 0.251 e. The number of amides is 2. The molecule has 0 atom stereocenters. The fraction of sp³-hybridized carbons (Fsp3) is 0.391. The SMILES string of the molecule is CCc1cccc(CC)c1N(CCNC(=O)c1ccc(OC)c(OC)c1)C(C)=O. The van der Waals surface area contributed by atoms with Gasteiger partial charge in [-0.1, -0.05) is 32.0 Å². The molecule has 6 nitrogen and oxygen atoms in total. The lowest BCUT2D eigenvalue weighted by Crippen LogP contribution is -2.38. The van der Waals surface area contributed by atoms with E-state index < -0.39 is 0 Å². The number of carbonyl (C=O) groups excluding carboxylic acids is 2. The summed E-state index contributed by atoms with van der Waals surface area (Å²) in [5, 5.41) is 2.89. The fourth-order valence-corrected chi connectivity index (χ4v) is 3.35. The van der Waals surface area contributed by atoms with Crippen molar-refractivity contribution < 1.29 is 19.1 Å². The third-order valence-corrected chi connectivity index (χ3v) is 4.88. The van der Waals surface area contributed by atoms with Crippen molar-refractivity contribution in [2.24, 2.45) is 0 Å². The van der Waals surface area contributed by atoms with Crippen molar-refractivity contribution in [2.45, 2.75) is 33.6 Å². The number of carbonyl (C=O) groups is 2. The number of nitrogens with zero attached hydrogens (tertiary/aromatic N) is 1. The molecule has 0 aliphatic rings. The van der Waals surface area contributed by atoms with Crippen molar-refractivity contribution in [3.63, 3.8) is 0 Å². The zero-order valence-corrected chi connectivity index (χ0v) is 17.9. The molecule has 29 heavy (non-hydrogen) atoms. The average Bonchev–Trinajstić information content (AvgIpc) is 2.75. The second-order valence-corrected chi connectivity index (χ2v) is 6.63. The first kappa shape index (κ1) is 22.3. The van der Waals surface area contributed by atoms with Gasteiger partial charge in [-0.3, -0.25) is 9.59 Å². The van der Waals surface area contributed by atoms with Gasteiger partial charge in [0, 0.05) is 25.6 Å². The molecule has 6 heteroatoms. The molecule has 0 aliphatic carbocycles. The van der Waals surface area contributed by atoms with Crippen LogP contribution in [0.5, 0.6) is 11.5 Å². The lowest BCUT2D eigenvalue weighted by molar-refractivity contribution is -0.116. The molecule has 156 valence electrons. The number of rotatable bonds is 9. The van der Waals surface area contributed by atoms with E-state index in [1.165, 1.54) is 7.11 Å². The zero-order chi connectivity index (χ0) is 21.4. The number of hydrogen-bond acceptors (Lipinski definition) is 4. The van der Waals surface area contributed by atoms with E-state index in [0.29, 0.717) is 30.2 Å². The van der Waals surface area contributed by atoms with E-state index in [0.717, 1.165) is 29.7 Å². The third kappa shape index (κ3) is 5.28. The molecular formula is C23H30N2O4. The molecule has 1 N–H and O–H groups in total. The topological polar surface area (TPSA) is 67.9 Å². The normalized spacial score (nSPS) is 10.4. The Labute approximate surface area is 172 Å². The molecule has 2 aromatic carbocycles. The minimum absolute atomic E-state index is 0.0408. The highest BCUT2D eigenvalue weighted by molar-refractivity contribution is 5.95. The molecule has 0 saturated heterocycles. The molecule has 0 aromatic heterocycles. The highest BCUT2D eigenvalue weighted by atomic mass is 16.5. The van der Waals surface area contributed by atoms with E-state index in [1.807, 2.05) is 18.2 Å². The molecular weight excluding hydrogens is 368 g/mol. The van der Waals surface area contributed by atoms with E-state index in [1.54, 1.807) is 37.1 Å². The summed E-state index contributed by atoms with van der Waals surface area (Å²) < 4.78 is 10.5. The number of methoxy groups -OCH3 is 2. The Bertz CT molecular complexity index is 842. The van der Waals surface area contributed by atoms with E-state index in [4.69, 9.17) is 9.47 Å². The van der Waals surface area contributed by atoms with Gasteiger partial charge in [-0.2, -0.15) is 0 Å². The second-order valence-electron chi connectivity index (χ2n) is 6.63. The Balaban J connectivity index is 2.13. The van der Waals surface area contributed by atoms with Crippen LogP contribution in [0.3, 0.4) is 0 Å². The Morgan fingerprint density at radius 1 is 0.966 bits per heavy atom. The van der Waals surface area contributed by atoms with Crippen LogP contribution in [0.25, 0.3) is 0 Å². The highest BCUT2D eigenvalue weighted by Gasteiger charge is 2.18. The summed E-state index contributed by atoms with van der Waals surface area (Å²) in [5.41, 5.74) is 3.70. The van der Waals surface area contributed by atoms with Gasteiger partial charge in [0.25, 0.3) is 5.91 Å². The van der Waals surface area contributed by atoms with Gasteiger partial charge < -0.3 is 19.7 Å². The quantitative estimate of drug-likeness (QED) is 0.701. The van der Waals surface area contributed by atoms with Gasteiger partial charge in [0.2, 0.25) is 5.91 Å². The molecule has 0 aliphatic heterocycles. The summed E-state index contributed by atoms with van der Waals surface area (Å²) >= 11 is 0. The van der Waals surface area contributed by atoms with Crippen molar-refractivity contribution in [1.29, 1.82) is 0 Å². The van der Waals surface area contributed by atoms with Crippen LogP contribution in [0.2, 0.25) is 0 Å². The summed E-state index contributed by atoms with van der Waals surface area (Å²) in [7, 11) is 3.08. The van der Waals surface area contributed by atoms with E-state index >= 15 is 0 Å². The Morgan fingerprint density at radius 3 is 2.10 bits per heavy atom. The van der Waals surface area contributed by atoms with Gasteiger partial charge in [0.15, 0.2) is 11.5 Å². The summed E-state index contributed by atoms with van der Waals surface area (Å²) in [6.45, 7) is 6.46. The van der Waals surface area contributed by atoms with Gasteiger partial charge in [0.05, 0.1) is 19.9 Å². The number of hydrogen-bond donors (Lipinski definition) is 1. The minimum Gasteiger partial charge on any atom is -0.493 e. The molecule has 0 heterocycles. The monoisotopic (exact) mass is 398 g/mol. The van der Waals surface area contributed by atoms with E-state index in [2.05, 4.69) is 19.2 Å². The number of aryl methyl sites for hydroxylation is 2. The fourth-order valence-electron chi connectivity index (χ4n) is 3.35. The van der Waals surface area contributed by atoms with Gasteiger partial charge in [-0.05, 0) is 42.2 Å². The molecule has 0 radical (unpaired) electrons. The van der Waals surface area contributed by atoms with Crippen molar-refractivity contribution >= 4 is 17.5 Å². The van der Waals surface area contributed by atoms with Crippen LogP contribution in [0, 0.1) is 0 Å². The molecule has 0 fully saturated rings. The Kier molecular flexibility index (Phi) is 8.07. The highest BCUT2D eigenvalue weighted by Crippen LogP contribution is 2.28. The zero-order valence-electron chi connectivity index (χ0n) is 17.9. The van der Waals surface area contributed by atoms with Crippen LogP contribution in [-0.4, -0.2) is 39.1 Å². The summed E-state index contributed by atoms with van der Waals surface area (Å²) in [6.07, 6.45) is 1.68. The van der Waals surface area contributed by atoms with Crippen LogP contribution in [0.4, 0.5) is 5.69 Å². The maximum absolute atomic E-state index is 12.5. The van der Waals surface area contributed by atoms with E-state index in [9.17, 15) is 9.59 Å². The van der Waals surface area contributed by atoms with Gasteiger partial charge in [-0.15, -0.1) is 0 Å². The molecule has 0 unspecified atom stereocenters. The third-order valence-electron chi connectivity index (χ3n) is 4.88. The Hall–Kier alpha value is -3.02. The Morgan fingerprint density at radius 2 is 1.59 bits per heavy atom. The van der Waals surface area contributed by atoms with Crippen LogP contribution in [0.1, 0.15) is 42.3 Å². The molecule has 0 bridgehead atoms. The largest absolute Gasteiger partial charge is 0.493 e. The summed E-state index contributed by atoms with van der Waals surface area (Å²) in [4.78, 5) is 26.7. The number of ether oxygens (including phenoxy) is 2. The molecule has 2 amide bonds. The number of para-hydroxylation sites is 1.